The number of carbonyl (C=O) groups is 2. The lowest BCUT2D eigenvalue weighted by atomic mass is 10.1. The van der Waals surface area contributed by atoms with E-state index in [1.807, 2.05) is 17.9 Å². The maximum atomic E-state index is 13.7. The van der Waals surface area contributed by atoms with Gasteiger partial charge in [-0.15, -0.1) is 5.10 Å². The van der Waals surface area contributed by atoms with Crippen molar-refractivity contribution in [3.05, 3.63) is 45.7 Å². The highest BCUT2D eigenvalue weighted by atomic mass is 16.5. The smallest absolute Gasteiger partial charge is 0.299 e. The van der Waals surface area contributed by atoms with Crippen LogP contribution in [0.3, 0.4) is 0 Å². The molecule has 0 aromatic carbocycles. The summed E-state index contributed by atoms with van der Waals surface area (Å²) in [6.07, 6.45) is 5.08. The van der Waals surface area contributed by atoms with Gasteiger partial charge in [0, 0.05) is 26.2 Å². The van der Waals surface area contributed by atoms with E-state index in [9.17, 15) is 19.5 Å². The predicted molar refractivity (Wildman–Crippen MR) is 133 cm³/mol. The number of hydrogen-bond donors (Lipinski definition) is 1. The lowest BCUT2D eigenvalue weighted by Gasteiger charge is -2.36. The van der Waals surface area contributed by atoms with Crippen molar-refractivity contribution in [1.82, 2.24) is 34.0 Å². The van der Waals surface area contributed by atoms with Crippen LogP contribution >= 0.6 is 0 Å². The highest BCUT2D eigenvalue weighted by Crippen LogP contribution is 2.24. The standard InChI is InChI=1S/C24H28N8O5/c1-3-17-19(29-6-8-30(9-7-29)22(35)18-20(34)15(2)25-14-26-18)23(36)32-24(31(17)10-11-33)27-21(28-32)16-4-12-37-13-5-16/h4,11,14,34H,3,5-10,12-13H2,1-2H3. The van der Waals surface area contributed by atoms with Gasteiger partial charge in [0.05, 0.1) is 31.1 Å². The first kappa shape index (κ1) is 24.6. The average molecular weight is 509 g/mol. The van der Waals surface area contributed by atoms with E-state index in [4.69, 9.17) is 4.74 Å². The van der Waals surface area contributed by atoms with Crippen molar-refractivity contribution in [1.29, 1.82) is 0 Å². The molecule has 0 atom stereocenters. The number of aromatic nitrogens is 6. The molecule has 0 unspecified atom stereocenters. The molecule has 1 N–H and O–H groups in total. The van der Waals surface area contributed by atoms with Gasteiger partial charge in [-0.2, -0.15) is 9.50 Å². The summed E-state index contributed by atoms with van der Waals surface area (Å²) in [7, 11) is 0. The molecule has 2 aliphatic rings. The number of rotatable bonds is 6. The molecule has 5 rings (SSSR count). The summed E-state index contributed by atoms with van der Waals surface area (Å²) in [6, 6.07) is 0. The summed E-state index contributed by atoms with van der Waals surface area (Å²) in [5.74, 6) is 0.156. The quantitative estimate of drug-likeness (QED) is 0.459. The molecule has 3 aromatic heterocycles. The first-order valence-corrected chi connectivity index (χ1v) is 12.2. The van der Waals surface area contributed by atoms with Crippen LogP contribution in [0.15, 0.2) is 17.2 Å². The van der Waals surface area contributed by atoms with Gasteiger partial charge in [0.15, 0.2) is 17.3 Å². The topological polar surface area (TPSA) is 148 Å². The van der Waals surface area contributed by atoms with E-state index in [0.717, 1.165) is 11.9 Å². The SMILES string of the molecule is CCc1c(N2CCN(C(=O)c3ncnc(C)c3O)CC2)c(=O)n2nc(C3=CCOCC3)nc2n1CC=O. The number of aryl methyl sites for hydroxylation is 1. The van der Waals surface area contributed by atoms with Crippen LogP contribution in [-0.4, -0.2) is 90.7 Å². The Morgan fingerprint density at radius 2 is 2.00 bits per heavy atom. The van der Waals surface area contributed by atoms with Crippen molar-refractivity contribution >= 4 is 29.2 Å². The van der Waals surface area contributed by atoms with Crippen molar-refractivity contribution in [2.45, 2.75) is 33.2 Å². The number of carbonyl (C=O) groups excluding carboxylic acids is 2. The Kier molecular flexibility index (Phi) is 6.70. The Hall–Kier alpha value is -4.13. The second-order valence-electron chi connectivity index (χ2n) is 8.87. The van der Waals surface area contributed by atoms with E-state index in [1.54, 1.807) is 16.4 Å². The van der Waals surface area contributed by atoms with E-state index in [2.05, 4.69) is 20.1 Å². The van der Waals surface area contributed by atoms with Gasteiger partial charge in [0.25, 0.3) is 11.5 Å². The summed E-state index contributed by atoms with van der Waals surface area (Å²) < 4.78 is 8.38. The van der Waals surface area contributed by atoms with Crippen molar-refractivity contribution < 1.29 is 19.4 Å². The Morgan fingerprint density at radius 1 is 1.22 bits per heavy atom. The van der Waals surface area contributed by atoms with Gasteiger partial charge in [-0.1, -0.05) is 13.0 Å². The van der Waals surface area contributed by atoms with Crippen LogP contribution in [-0.2, 0) is 22.5 Å². The Balaban J connectivity index is 1.49. The number of piperazine rings is 1. The minimum atomic E-state index is -0.391. The van der Waals surface area contributed by atoms with Gasteiger partial charge in [0.2, 0.25) is 5.78 Å². The molecule has 1 saturated heterocycles. The fraction of sp³-hybridized carbons (Fsp3) is 0.458. The van der Waals surface area contributed by atoms with Gasteiger partial charge in [-0.25, -0.2) is 9.97 Å². The van der Waals surface area contributed by atoms with E-state index in [0.29, 0.717) is 80.9 Å². The van der Waals surface area contributed by atoms with Crippen molar-refractivity contribution in [3.8, 4) is 5.75 Å². The Bertz CT molecular complexity index is 1450. The molecular weight excluding hydrogens is 480 g/mol. The number of aldehydes is 1. The third kappa shape index (κ3) is 4.35. The summed E-state index contributed by atoms with van der Waals surface area (Å²) in [5, 5.41) is 14.7. The second kappa shape index (κ2) is 10.1. The lowest BCUT2D eigenvalue weighted by Crippen LogP contribution is -2.51. The predicted octanol–water partition coefficient (Wildman–Crippen LogP) is 0.222. The normalized spacial score (nSPS) is 16.2. The summed E-state index contributed by atoms with van der Waals surface area (Å²) in [6.45, 7) is 6.00. The van der Waals surface area contributed by atoms with Crippen molar-refractivity contribution in [3.63, 3.8) is 0 Å². The van der Waals surface area contributed by atoms with E-state index in [1.165, 1.54) is 10.8 Å². The summed E-state index contributed by atoms with van der Waals surface area (Å²) >= 11 is 0. The molecule has 2 aliphatic heterocycles. The first-order chi connectivity index (χ1) is 17.9. The van der Waals surface area contributed by atoms with E-state index in [-0.39, 0.29) is 23.5 Å². The van der Waals surface area contributed by atoms with Crippen LogP contribution in [0.5, 0.6) is 5.75 Å². The second-order valence-corrected chi connectivity index (χ2v) is 8.87. The number of aromatic hydroxyl groups is 1. The van der Waals surface area contributed by atoms with Crippen LogP contribution in [0.25, 0.3) is 11.4 Å². The molecule has 0 spiro atoms. The number of ether oxygens (including phenoxy) is 1. The first-order valence-electron chi connectivity index (χ1n) is 12.2. The zero-order chi connectivity index (χ0) is 26.1. The molecule has 194 valence electrons. The molecule has 13 heteroatoms. The highest BCUT2D eigenvalue weighted by molar-refractivity contribution is 5.95. The van der Waals surface area contributed by atoms with Crippen LogP contribution in [0.2, 0.25) is 0 Å². The lowest BCUT2D eigenvalue weighted by molar-refractivity contribution is -0.108. The maximum absolute atomic E-state index is 13.7. The van der Waals surface area contributed by atoms with Crippen LogP contribution in [0.1, 0.15) is 41.0 Å². The van der Waals surface area contributed by atoms with E-state index < -0.39 is 5.91 Å². The number of hydrogen-bond acceptors (Lipinski definition) is 10. The molecular formula is C24H28N8O5. The van der Waals surface area contributed by atoms with Gasteiger partial charge >= 0.3 is 0 Å². The van der Waals surface area contributed by atoms with Gasteiger partial charge < -0.3 is 29.0 Å². The number of anilines is 1. The van der Waals surface area contributed by atoms with Gasteiger partial charge in [0.1, 0.15) is 18.3 Å². The monoisotopic (exact) mass is 508 g/mol. The van der Waals surface area contributed by atoms with Crippen molar-refractivity contribution in [2.24, 2.45) is 0 Å². The van der Waals surface area contributed by atoms with Crippen LogP contribution in [0.4, 0.5) is 5.69 Å². The Morgan fingerprint density at radius 3 is 2.68 bits per heavy atom. The summed E-state index contributed by atoms with van der Waals surface area (Å²) in [4.78, 5) is 54.3. The van der Waals surface area contributed by atoms with E-state index >= 15 is 0 Å². The zero-order valence-electron chi connectivity index (χ0n) is 20.8. The molecule has 13 nitrogen and oxygen atoms in total. The van der Waals surface area contributed by atoms with Gasteiger partial charge in [-0.05, 0) is 25.3 Å². The molecule has 1 fully saturated rings. The number of amides is 1. The maximum Gasteiger partial charge on any atom is 0.299 e. The third-order valence-corrected chi connectivity index (χ3v) is 6.76. The molecule has 0 radical (unpaired) electrons. The molecule has 37 heavy (non-hydrogen) atoms. The largest absolute Gasteiger partial charge is 0.504 e. The van der Waals surface area contributed by atoms with Gasteiger partial charge in [-0.3, -0.25) is 9.59 Å². The third-order valence-electron chi connectivity index (χ3n) is 6.76. The van der Waals surface area contributed by atoms with Crippen molar-refractivity contribution in [2.75, 3.05) is 44.3 Å². The Labute approximate surface area is 212 Å². The molecule has 0 saturated carbocycles. The molecule has 0 aliphatic carbocycles. The summed E-state index contributed by atoms with van der Waals surface area (Å²) in [5.41, 5.74) is 2.02. The van der Waals surface area contributed by atoms with Crippen LogP contribution < -0.4 is 10.5 Å². The molecule has 1 amide bonds. The minimum Gasteiger partial charge on any atom is -0.504 e. The zero-order valence-corrected chi connectivity index (χ0v) is 20.8. The highest BCUT2D eigenvalue weighted by Gasteiger charge is 2.30. The fourth-order valence-corrected chi connectivity index (χ4v) is 4.80. The molecule has 3 aromatic rings. The average Bonchev–Trinajstić information content (AvgIpc) is 3.38. The molecule has 5 heterocycles. The fourth-order valence-electron chi connectivity index (χ4n) is 4.80. The van der Waals surface area contributed by atoms with Crippen LogP contribution in [0, 0.1) is 6.92 Å². The minimum absolute atomic E-state index is 0.0328. The number of nitrogens with zero attached hydrogens (tertiary/aromatic N) is 8. The molecule has 0 bridgehead atoms. The number of fused-ring (bicyclic) bond motifs is 1.